The summed E-state index contributed by atoms with van der Waals surface area (Å²) in [6.07, 6.45) is 2.65. The third kappa shape index (κ3) is 8.99. The number of aryl methyl sites for hydroxylation is 1. The number of phenolic OH excluding ortho intramolecular Hbond substituents is 2. The lowest BCUT2D eigenvalue weighted by molar-refractivity contribution is 0.0953. The van der Waals surface area contributed by atoms with Gasteiger partial charge in [0.2, 0.25) is 5.43 Å². The third-order valence-electron chi connectivity index (χ3n) is 4.06. The number of nitrogens with one attached hydrogen (secondary N) is 1. The topological polar surface area (TPSA) is 136 Å². The standard InChI is InChI=1S/C19H24NO6P.C2H6O.C2H6/c1-3-26-27-7-5-4-6-20-19(25)13-9-12-8-11(2)16(22)18(24)15(12)17(23)14(21)10-13;1-2-3;1-2/h8-10,22,24,27H,3-7H2,1-2H3,(H,20,25)(H,21,23);3H,2H2,1H3;1-2H3. The number of benzene rings is 1. The van der Waals surface area contributed by atoms with Crippen molar-refractivity contribution >= 4 is 25.5 Å². The predicted octanol–water partition coefficient (Wildman–Crippen LogP) is 3.79. The summed E-state index contributed by atoms with van der Waals surface area (Å²) in [6.45, 7) is 10.6. The number of aromatic hydroxyl groups is 3. The second-order valence-electron chi connectivity index (χ2n) is 6.42. The number of aliphatic hydroxyl groups is 1. The Labute approximate surface area is 191 Å². The smallest absolute Gasteiger partial charge is 0.251 e. The first-order valence-corrected chi connectivity index (χ1v) is 11.9. The molecule has 9 heteroatoms. The number of unbranched alkanes of at least 4 members (excludes halogenated alkanes) is 1. The van der Waals surface area contributed by atoms with Gasteiger partial charge in [-0.15, -0.1) is 0 Å². The number of rotatable bonds is 8. The molecule has 0 heterocycles. The second-order valence-corrected chi connectivity index (χ2v) is 7.50. The number of aliphatic hydroxyl groups excluding tert-OH is 1. The van der Waals surface area contributed by atoms with E-state index < -0.39 is 28.6 Å². The minimum absolute atomic E-state index is 0.0750. The van der Waals surface area contributed by atoms with Gasteiger partial charge in [0, 0.05) is 40.2 Å². The first kappa shape index (κ1) is 29.6. The first-order valence-electron chi connectivity index (χ1n) is 10.7. The van der Waals surface area contributed by atoms with Crippen LogP contribution in [0.25, 0.3) is 10.8 Å². The van der Waals surface area contributed by atoms with Gasteiger partial charge in [-0.05, 0) is 62.9 Å². The maximum atomic E-state index is 12.4. The van der Waals surface area contributed by atoms with Gasteiger partial charge in [-0.3, -0.25) is 9.59 Å². The maximum Gasteiger partial charge on any atom is 0.251 e. The zero-order chi connectivity index (χ0) is 24.7. The summed E-state index contributed by atoms with van der Waals surface area (Å²) < 4.78 is 5.28. The Bertz CT molecular complexity index is 919. The zero-order valence-corrected chi connectivity index (χ0v) is 20.5. The number of fused-ring (bicyclic) bond motifs is 1. The van der Waals surface area contributed by atoms with Crippen molar-refractivity contribution < 1.29 is 29.7 Å². The van der Waals surface area contributed by atoms with Gasteiger partial charge >= 0.3 is 0 Å². The molecule has 2 aromatic carbocycles. The summed E-state index contributed by atoms with van der Waals surface area (Å²) in [6, 6.07) is 3.93. The molecule has 0 bridgehead atoms. The van der Waals surface area contributed by atoms with E-state index in [0.29, 0.717) is 27.5 Å². The molecule has 180 valence electrons. The Balaban J connectivity index is 0.00000177. The van der Waals surface area contributed by atoms with Crippen LogP contribution in [-0.2, 0) is 4.52 Å². The van der Waals surface area contributed by atoms with Gasteiger partial charge < -0.3 is 30.3 Å². The highest BCUT2D eigenvalue weighted by atomic mass is 31.1. The molecule has 0 aliphatic rings. The van der Waals surface area contributed by atoms with Crippen LogP contribution in [0.15, 0.2) is 23.0 Å². The van der Waals surface area contributed by atoms with Crippen LogP contribution in [0, 0.1) is 6.92 Å². The molecular formula is C23H36NO7P. The normalized spacial score (nSPS) is 10.3. The van der Waals surface area contributed by atoms with Crippen molar-refractivity contribution in [1.82, 2.24) is 5.32 Å². The average molecular weight is 470 g/mol. The first-order chi connectivity index (χ1) is 15.3. The fraction of sp³-hybridized carbons (Fsp3) is 0.478. The van der Waals surface area contributed by atoms with Crippen molar-refractivity contribution in [3.8, 4) is 17.2 Å². The number of carbonyl (C=O) groups excluding carboxylic acids is 1. The summed E-state index contributed by atoms with van der Waals surface area (Å²) in [4.78, 5) is 24.5. The molecule has 8 nitrogen and oxygen atoms in total. The Morgan fingerprint density at radius 3 is 2.25 bits per heavy atom. The summed E-state index contributed by atoms with van der Waals surface area (Å²) in [5, 5.41) is 40.5. The van der Waals surface area contributed by atoms with Crippen molar-refractivity contribution in [3.05, 3.63) is 39.5 Å². The number of hydrogen-bond donors (Lipinski definition) is 5. The lowest BCUT2D eigenvalue weighted by Gasteiger charge is -2.06. The summed E-state index contributed by atoms with van der Waals surface area (Å²) in [7, 11) is 0.462. The predicted molar refractivity (Wildman–Crippen MR) is 130 cm³/mol. The average Bonchev–Trinajstić information content (AvgIpc) is 2.89. The molecule has 5 N–H and O–H groups in total. The number of carbonyl (C=O) groups is 1. The molecular weight excluding hydrogens is 433 g/mol. The van der Waals surface area contributed by atoms with Crippen LogP contribution in [0.4, 0.5) is 0 Å². The molecule has 2 aromatic rings. The lowest BCUT2D eigenvalue weighted by Crippen LogP contribution is -2.24. The minimum Gasteiger partial charge on any atom is -0.504 e. The van der Waals surface area contributed by atoms with E-state index in [0.717, 1.165) is 25.1 Å². The van der Waals surface area contributed by atoms with Gasteiger partial charge in [0.25, 0.3) is 5.91 Å². The Kier molecular flexibility index (Phi) is 15.0. The van der Waals surface area contributed by atoms with Crippen molar-refractivity contribution in [2.24, 2.45) is 0 Å². The van der Waals surface area contributed by atoms with Crippen LogP contribution < -0.4 is 10.7 Å². The van der Waals surface area contributed by atoms with Crippen LogP contribution in [0.1, 0.15) is 56.5 Å². The van der Waals surface area contributed by atoms with Gasteiger partial charge in [-0.25, -0.2) is 0 Å². The van der Waals surface area contributed by atoms with E-state index in [1.165, 1.54) is 12.1 Å². The SMILES string of the molecule is CC.CCO.CCOPCCCCNC(=O)c1cc(=O)c(O)c2c(O)c(O)c(C)cc2c1. The van der Waals surface area contributed by atoms with Gasteiger partial charge in [-0.2, -0.15) is 0 Å². The Morgan fingerprint density at radius 1 is 1.03 bits per heavy atom. The van der Waals surface area contributed by atoms with E-state index >= 15 is 0 Å². The molecule has 0 aliphatic heterocycles. The number of amides is 1. The highest BCUT2D eigenvalue weighted by Crippen LogP contribution is 2.39. The largest absolute Gasteiger partial charge is 0.504 e. The van der Waals surface area contributed by atoms with Crippen molar-refractivity contribution in [1.29, 1.82) is 0 Å². The van der Waals surface area contributed by atoms with Gasteiger partial charge in [0.1, 0.15) is 0 Å². The molecule has 1 atom stereocenters. The lowest BCUT2D eigenvalue weighted by atomic mass is 10.1. The van der Waals surface area contributed by atoms with E-state index in [1.54, 1.807) is 13.8 Å². The molecule has 0 saturated carbocycles. The molecule has 0 aliphatic carbocycles. The van der Waals surface area contributed by atoms with Gasteiger partial charge in [-0.1, -0.05) is 13.8 Å². The molecule has 1 amide bonds. The van der Waals surface area contributed by atoms with Gasteiger partial charge in [0.05, 0.1) is 5.39 Å². The van der Waals surface area contributed by atoms with Crippen LogP contribution in [0.2, 0.25) is 0 Å². The molecule has 0 spiro atoms. The highest BCUT2D eigenvalue weighted by molar-refractivity contribution is 7.32. The molecule has 0 radical (unpaired) electrons. The van der Waals surface area contributed by atoms with Crippen molar-refractivity contribution in [2.45, 2.75) is 47.5 Å². The molecule has 0 fully saturated rings. The van der Waals surface area contributed by atoms with Crippen LogP contribution in [-0.4, -0.2) is 52.3 Å². The molecule has 1 unspecified atom stereocenters. The maximum absolute atomic E-state index is 12.4. The molecule has 32 heavy (non-hydrogen) atoms. The third-order valence-corrected chi connectivity index (χ3v) is 5.11. The summed E-state index contributed by atoms with van der Waals surface area (Å²) >= 11 is 0. The fourth-order valence-corrected chi connectivity index (χ4v) is 3.39. The molecule has 2 rings (SSSR count). The second kappa shape index (κ2) is 16.3. The van der Waals surface area contributed by atoms with E-state index in [-0.39, 0.29) is 22.9 Å². The van der Waals surface area contributed by atoms with Crippen molar-refractivity contribution in [3.63, 3.8) is 0 Å². The number of hydrogen-bond acceptors (Lipinski definition) is 7. The Morgan fingerprint density at radius 2 is 1.66 bits per heavy atom. The van der Waals surface area contributed by atoms with Crippen LogP contribution in [0.3, 0.4) is 0 Å². The van der Waals surface area contributed by atoms with Gasteiger partial charge in [0.15, 0.2) is 17.2 Å². The summed E-state index contributed by atoms with van der Waals surface area (Å²) in [5.41, 5.74) is -0.378. The van der Waals surface area contributed by atoms with E-state index in [2.05, 4.69) is 5.32 Å². The van der Waals surface area contributed by atoms with Crippen molar-refractivity contribution in [2.75, 3.05) is 25.9 Å². The minimum atomic E-state index is -0.813. The van der Waals surface area contributed by atoms with E-state index in [1.807, 2.05) is 20.8 Å². The fourth-order valence-electron chi connectivity index (χ4n) is 2.65. The quantitative estimate of drug-likeness (QED) is 0.225. The Hall–Kier alpha value is -2.41. The van der Waals surface area contributed by atoms with E-state index in [4.69, 9.17) is 9.63 Å². The molecule has 0 saturated heterocycles. The van der Waals surface area contributed by atoms with Crippen LogP contribution >= 0.6 is 8.81 Å². The molecule has 0 aromatic heterocycles. The monoisotopic (exact) mass is 469 g/mol. The van der Waals surface area contributed by atoms with Crippen LogP contribution in [0.5, 0.6) is 17.2 Å². The highest BCUT2D eigenvalue weighted by Gasteiger charge is 2.16. The number of phenols is 2. The zero-order valence-electron chi connectivity index (χ0n) is 19.5. The van der Waals surface area contributed by atoms with E-state index in [9.17, 15) is 24.9 Å². The summed E-state index contributed by atoms with van der Waals surface area (Å²) in [5.74, 6) is -2.16.